The van der Waals surface area contributed by atoms with E-state index in [-0.39, 0.29) is 21.5 Å². The molecule has 0 N–H and O–H groups in total. The fourth-order valence-electron chi connectivity index (χ4n) is 3.57. The molecule has 0 saturated heterocycles. The van der Waals surface area contributed by atoms with Gasteiger partial charge in [0.2, 0.25) is 0 Å². The van der Waals surface area contributed by atoms with Crippen LogP contribution in [0.4, 0.5) is 5.69 Å². The van der Waals surface area contributed by atoms with Crippen molar-refractivity contribution in [2.45, 2.75) is 37.8 Å². The summed E-state index contributed by atoms with van der Waals surface area (Å²) in [6.45, 7) is 4.07. The molecule has 0 unspecified atom stereocenters. The zero-order valence-corrected chi connectivity index (χ0v) is 15.8. The SMILES string of the molecule is CCn1c(=O)oc2cc(S(=O)(=O)N3c4ccccc4C[C@H]3C)c(Cl)cc21. The van der Waals surface area contributed by atoms with Crippen LogP contribution in [0.25, 0.3) is 11.1 Å². The number of aromatic nitrogens is 1. The van der Waals surface area contributed by atoms with Gasteiger partial charge in [-0.15, -0.1) is 0 Å². The Kier molecular flexibility index (Phi) is 3.89. The molecule has 0 spiro atoms. The van der Waals surface area contributed by atoms with Gasteiger partial charge in [0.1, 0.15) is 4.90 Å². The third-order valence-electron chi connectivity index (χ3n) is 4.72. The molecule has 1 aliphatic heterocycles. The molecule has 0 fully saturated rings. The van der Waals surface area contributed by atoms with Crippen molar-refractivity contribution in [1.29, 1.82) is 0 Å². The maximum Gasteiger partial charge on any atom is 0.419 e. The Morgan fingerprint density at radius 2 is 2.00 bits per heavy atom. The minimum atomic E-state index is -3.90. The summed E-state index contributed by atoms with van der Waals surface area (Å²) in [7, 11) is -3.90. The van der Waals surface area contributed by atoms with Gasteiger partial charge in [0.15, 0.2) is 5.58 Å². The van der Waals surface area contributed by atoms with Crippen LogP contribution in [-0.4, -0.2) is 19.0 Å². The summed E-state index contributed by atoms with van der Waals surface area (Å²) in [5.41, 5.74) is 2.32. The number of oxazole rings is 1. The summed E-state index contributed by atoms with van der Waals surface area (Å²) in [6.07, 6.45) is 0.635. The molecule has 0 amide bonds. The van der Waals surface area contributed by atoms with Crippen LogP contribution in [0, 0.1) is 0 Å². The van der Waals surface area contributed by atoms with Gasteiger partial charge in [-0.05, 0) is 38.0 Å². The molecule has 0 saturated carbocycles. The molecule has 1 atom stereocenters. The van der Waals surface area contributed by atoms with Gasteiger partial charge in [0, 0.05) is 18.7 Å². The van der Waals surface area contributed by atoms with E-state index in [0.29, 0.717) is 24.2 Å². The minimum Gasteiger partial charge on any atom is -0.408 e. The standard InChI is InChI=1S/C18H17ClN2O4S/c1-3-20-15-9-13(19)17(10-16(15)25-18(20)22)26(23,24)21-11(2)8-12-6-4-5-7-14(12)21/h4-7,9-11H,3,8H2,1-2H3/t11-/m1/s1. The Morgan fingerprint density at radius 3 is 2.73 bits per heavy atom. The molecule has 26 heavy (non-hydrogen) atoms. The second kappa shape index (κ2) is 5.89. The van der Waals surface area contributed by atoms with Crippen molar-refractivity contribution in [2.24, 2.45) is 0 Å². The average molecular weight is 393 g/mol. The Bertz CT molecular complexity index is 1180. The van der Waals surface area contributed by atoms with E-state index in [1.54, 1.807) is 13.0 Å². The molecule has 0 bridgehead atoms. The number of halogens is 1. The van der Waals surface area contributed by atoms with Gasteiger partial charge in [-0.2, -0.15) is 0 Å². The summed E-state index contributed by atoms with van der Waals surface area (Å²) >= 11 is 6.32. The number of rotatable bonds is 3. The lowest BCUT2D eigenvalue weighted by atomic mass is 10.1. The maximum absolute atomic E-state index is 13.3. The van der Waals surface area contributed by atoms with Gasteiger partial charge in [0.05, 0.1) is 16.2 Å². The number of aryl methyl sites for hydroxylation is 1. The van der Waals surface area contributed by atoms with Crippen molar-refractivity contribution in [3.05, 3.63) is 57.5 Å². The van der Waals surface area contributed by atoms with Gasteiger partial charge in [-0.25, -0.2) is 13.2 Å². The predicted molar refractivity (Wildman–Crippen MR) is 100 cm³/mol. The van der Waals surface area contributed by atoms with Gasteiger partial charge >= 0.3 is 5.76 Å². The van der Waals surface area contributed by atoms with Gasteiger partial charge in [0.25, 0.3) is 10.0 Å². The number of benzene rings is 2. The lowest BCUT2D eigenvalue weighted by Gasteiger charge is -2.25. The van der Waals surface area contributed by atoms with E-state index in [1.165, 1.54) is 21.0 Å². The molecule has 136 valence electrons. The molecule has 6 nitrogen and oxygen atoms in total. The molecule has 2 aromatic carbocycles. The summed E-state index contributed by atoms with van der Waals surface area (Å²) in [4.78, 5) is 11.8. The molecular weight excluding hydrogens is 376 g/mol. The van der Waals surface area contributed by atoms with Gasteiger partial charge in [-0.3, -0.25) is 8.87 Å². The quantitative estimate of drug-likeness (QED) is 0.684. The van der Waals surface area contributed by atoms with Crippen LogP contribution in [0.1, 0.15) is 19.4 Å². The largest absolute Gasteiger partial charge is 0.419 e. The highest BCUT2D eigenvalue weighted by Crippen LogP contribution is 2.39. The normalized spacial score (nSPS) is 17.0. The Morgan fingerprint density at radius 1 is 1.27 bits per heavy atom. The van der Waals surface area contributed by atoms with E-state index in [2.05, 4.69) is 0 Å². The van der Waals surface area contributed by atoms with E-state index in [4.69, 9.17) is 16.0 Å². The molecule has 8 heteroatoms. The fourth-order valence-corrected chi connectivity index (χ4v) is 5.78. The summed E-state index contributed by atoms with van der Waals surface area (Å²) < 4.78 is 34.7. The van der Waals surface area contributed by atoms with E-state index in [9.17, 15) is 13.2 Å². The first-order valence-electron chi connectivity index (χ1n) is 8.29. The zero-order valence-electron chi connectivity index (χ0n) is 14.3. The lowest BCUT2D eigenvalue weighted by molar-refractivity contribution is 0.512. The number of anilines is 1. The first kappa shape index (κ1) is 17.2. The highest BCUT2D eigenvalue weighted by atomic mass is 35.5. The van der Waals surface area contributed by atoms with Crippen LogP contribution < -0.4 is 10.1 Å². The van der Waals surface area contributed by atoms with Crippen molar-refractivity contribution >= 4 is 38.4 Å². The number of hydrogen-bond donors (Lipinski definition) is 0. The second-order valence-electron chi connectivity index (χ2n) is 6.35. The first-order valence-corrected chi connectivity index (χ1v) is 10.1. The van der Waals surface area contributed by atoms with E-state index < -0.39 is 15.8 Å². The van der Waals surface area contributed by atoms with Crippen molar-refractivity contribution in [3.63, 3.8) is 0 Å². The zero-order chi connectivity index (χ0) is 18.6. The molecular formula is C18H17ClN2O4S. The average Bonchev–Trinajstić information content (AvgIpc) is 3.08. The third kappa shape index (κ3) is 2.38. The van der Waals surface area contributed by atoms with Gasteiger partial charge < -0.3 is 4.42 Å². The van der Waals surface area contributed by atoms with E-state index >= 15 is 0 Å². The first-order chi connectivity index (χ1) is 12.3. The smallest absolute Gasteiger partial charge is 0.408 e. The van der Waals surface area contributed by atoms with E-state index in [1.807, 2.05) is 25.1 Å². The second-order valence-corrected chi connectivity index (χ2v) is 8.54. The topological polar surface area (TPSA) is 72.5 Å². The van der Waals surface area contributed by atoms with Gasteiger partial charge in [-0.1, -0.05) is 29.8 Å². The molecule has 4 rings (SSSR count). The molecule has 0 aliphatic carbocycles. The molecule has 2 heterocycles. The number of para-hydroxylation sites is 1. The number of fused-ring (bicyclic) bond motifs is 2. The summed E-state index contributed by atoms with van der Waals surface area (Å²) in [5, 5.41) is 0.0667. The van der Waals surface area contributed by atoms with Crippen LogP contribution in [0.15, 0.2) is 50.5 Å². The van der Waals surface area contributed by atoms with Crippen LogP contribution in [0.3, 0.4) is 0 Å². The van der Waals surface area contributed by atoms with Crippen LogP contribution in [0.5, 0.6) is 0 Å². The third-order valence-corrected chi connectivity index (χ3v) is 7.11. The highest BCUT2D eigenvalue weighted by Gasteiger charge is 2.37. The van der Waals surface area contributed by atoms with Crippen LogP contribution in [0.2, 0.25) is 5.02 Å². The van der Waals surface area contributed by atoms with Crippen LogP contribution >= 0.6 is 11.6 Å². The van der Waals surface area contributed by atoms with Crippen molar-refractivity contribution in [1.82, 2.24) is 4.57 Å². The monoisotopic (exact) mass is 392 g/mol. The van der Waals surface area contributed by atoms with Crippen molar-refractivity contribution < 1.29 is 12.8 Å². The molecule has 1 aliphatic rings. The Hall–Kier alpha value is -2.25. The number of sulfonamides is 1. The number of hydrogen-bond acceptors (Lipinski definition) is 4. The summed E-state index contributed by atoms with van der Waals surface area (Å²) in [5.74, 6) is -0.534. The number of nitrogens with zero attached hydrogens (tertiary/aromatic N) is 2. The lowest BCUT2D eigenvalue weighted by Crippen LogP contribution is -2.35. The Balaban J connectivity index is 1.92. The molecule has 0 radical (unpaired) electrons. The molecule has 1 aromatic heterocycles. The summed E-state index contributed by atoms with van der Waals surface area (Å²) in [6, 6.07) is 10.0. The van der Waals surface area contributed by atoms with Crippen LogP contribution in [-0.2, 0) is 23.0 Å². The molecule has 3 aromatic rings. The van der Waals surface area contributed by atoms with Crippen molar-refractivity contribution in [3.8, 4) is 0 Å². The highest BCUT2D eigenvalue weighted by molar-refractivity contribution is 7.93. The van der Waals surface area contributed by atoms with E-state index in [0.717, 1.165) is 5.56 Å². The minimum absolute atomic E-state index is 0.0628. The van der Waals surface area contributed by atoms with Crippen molar-refractivity contribution in [2.75, 3.05) is 4.31 Å². The fraction of sp³-hybridized carbons (Fsp3) is 0.278. The predicted octanol–water partition coefficient (Wildman–Crippen LogP) is 3.41. The maximum atomic E-state index is 13.3. The Labute approximate surface area is 155 Å².